The van der Waals surface area contributed by atoms with Crippen molar-refractivity contribution in [3.05, 3.63) is 12.2 Å². The van der Waals surface area contributed by atoms with Crippen molar-refractivity contribution < 1.29 is 0 Å². The zero-order valence-electron chi connectivity index (χ0n) is 11.3. The van der Waals surface area contributed by atoms with Crippen LogP contribution in [-0.4, -0.2) is 0 Å². The molecule has 0 aliphatic heterocycles. The van der Waals surface area contributed by atoms with E-state index >= 15 is 0 Å². The van der Waals surface area contributed by atoms with Gasteiger partial charge in [-0.2, -0.15) is 0 Å². The molecule has 1 aliphatic carbocycles. The third kappa shape index (κ3) is 2.65. The molecule has 0 N–H and O–H groups in total. The Hall–Kier alpha value is -0.260. The molecule has 1 saturated carbocycles. The fraction of sp³-hybridized carbons (Fsp3) is 0.867. The summed E-state index contributed by atoms with van der Waals surface area (Å²) in [4.78, 5) is 0. The molecule has 3 atom stereocenters. The minimum Gasteiger partial charge on any atom is -0.0998 e. The van der Waals surface area contributed by atoms with Crippen molar-refractivity contribution in [3.63, 3.8) is 0 Å². The molecule has 0 amide bonds. The highest BCUT2D eigenvalue weighted by Gasteiger charge is 2.39. The Kier molecular flexibility index (Phi) is 4.03. The molecule has 15 heavy (non-hydrogen) atoms. The van der Waals surface area contributed by atoms with E-state index in [-0.39, 0.29) is 0 Å². The molecule has 0 spiro atoms. The number of rotatable bonds is 3. The van der Waals surface area contributed by atoms with Gasteiger partial charge in [0.05, 0.1) is 0 Å². The van der Waals surface area contributed by atoms with Gasteiger partial charge in [-0.15, -0.1) is 0 Å². The van der Waals surface area contributed by atoms with E-state index in [4.69, 9.17) is 0 Å². The predicted molar refractivity (Wildman–Crippen MR) is 68.9 cm³/mol. The van der Waals surface area contributed by atoms with Crippen LogP contribution >= 0.6 is 0 Å². The molecule has 0 aromatic rings. The molecule has 0 heteroatoms. The first-order chi connectivity index (χ1) is 6.90. The van der Waals surface area contributed by atoms with Crippen molar-refractivity contribution in [2.24, 2.45) is 23.2 Å². The van der Waals surface area contributed by atoms with Crippen molar-refractivity contribution in [1.29, 1.82) is 0 Å². The summed E-state index contributed by atoms with van der Waals surface area (Å²) < 4.78 is 0. The lowest BCUT2D eigenvalue weighted by atomic mass is 9.59. The maximum atomic E-state index is 4.22. The Morgan fingerprint density at radius 2 is 2.07 bits per heavy atom. The fourth-order valence-corrected chi connectivity index (χ4v) is 3.22. The van der Waals surface area contributed by atoms with Gasteiger partial charge in [-0.05, 0) is 49.4 Å². The van der Waals surface area contributed by atoms with Crippen LogP contribution in [0.25, 0.3) is 0 Å². The van der Waals surface area contributed by atoms with Crippen LogP contribution < -0.4 is 0 Å². The number of hydrogen-bond acceptors (Lipinski definition) is 0. The minimum atomic E-state index is 0.525. The van der Waals surface area contributed by atoms with Gasteiger partial charge in [-0.25, -0.2) is 0 Å². The van der Waals surface area contributed by atoms with Gasteiger partial charge >= 0.3 is 0 Å². The largest absolute Gasteiger partial charge is 0.0998 e. The average molecular weight is 208 g/mol. The second-order valence-corrected chi connectivity index (χ2v) is 6.18. The van der Waals surface area contributed by atoms with Crippen molar-refractivity contribution in [2.45, 2.75) is 60.3 Å². The van der Waals surface area contributed by atoms with Crippen LogP contribution in [0.5, 0.6) is 0 Å². The Bertz CT molecular complexity index is 226. The molecular formula is C15H28. The zero-order valence-corrected chi connectivity index (χ0v) is 11.3. The van der Waals surface area contributed by atoms with Crippen LogP contribution in [0.3, 0.4) is 0 Å². The van der Waals surface area contributed by atoms with Gasteiger partial charge in [0.1, 0.15) is 0 Å². The summed E-state index contributed by atoms with van der Waals surface area (Å²) >= 11 is 0. The lowest BCUT2D eigenvalue weighted by molar-refractivity contribution is 0.0817. The summed E-state index contributed by atoms with van der Waals surface area (Å²) in [6.07, 6.45) is 5.49. The van der Waals surface area contributed by atoms with Crippen LogP contribution in [0.1, 0.15) is 60.3 Å². The van der Waals surface area contributed by atoms with Gasteiger partial charge in [-0.1, -0.05) is 46.3 Å². The first-order valence-electron chi connectivity index (χ1n) is 6.56. The summed E-state index contributed by atoms with van der Waals surface area (Å²) in [6.45, 7) is 16.0. The molecule has 1 fully saturated rings. The summed E-state index contributed by atoms with van der Waals surface area (Å²) in [7, 11) is 0. The quantitative estimate of drug-likeness (QED) is 0.569. The molecule has 0 aromatic carbocycles. The lowest BCUT2D eigenvalue weighted by Gasteiger charge is -2.46. The highest BCUT2D eigenvalue weighted by atomic mass is 14.4. The van der Waals surface area contributed by atoms with Gasteiger partial charge in [0.15, 0.2) is 0 Å². The molecule has 0 bridgehead atoms. The van der Waals surface area contributed by atoms with E-state index in [1.165, 1.54) is 31.3 Å². The zero-order chi connectivity index (χ0) is 11.6. The molecule has 88 valence electrons. The van der Waals surface area contributed by atoms with Crippen molar-refractivity contribution in [2.75, 3.05) is 0 Å². The van der Waals surface area contributed by atoms with Crippen LogP contribution in [0.15, 0.2) is 12.2 Å². The van der Waals surface area contributed by atoms with Crippen LogP contribution in [0.4, 0.5) is 0 Å². The molecule has 3 unspecified atom stereocenters. The van der Waals surface area contributed by atoms with Crippen LogP contribution in [0, 0.1) is 23.2 Å². The third-order valence-corrected chi connectivity index (χ3v) is 4.81. The Morgan fingerprint density at radius 3 is 2.47 bits per heavy atom. The van der Waals surface area contributed by atoms with Gasteiger partial charge in [0, 0.05) is 0 Å². The van der Waals surface area contributed by atoms with Crippen LogP contribution in [-0.2, 0) is 0 Å². The molecule has 0 aromatic heterocycles. The molecule has 1 aliphatic rings. The van der Waals surface area contributed by atoms with Gasteiger partial charge < -0.3 is 0 Å². The van der Waals surface area contributed by atoms with Gasteiger partial charge in [0.25, 0.3) is 0 Å². The standard InChI is InChI=1S/C15H28/c1-7-15(6)9-8-13(11(2)3)10-14(15)12(4)5/h11,13-14H,4,7-10H2,1-3,5-6H3. The molecule has 1 rings (SSSR count). The average Bonchev–Trinajstić information content (AvgIpc) is 2.17. The maximum absolute atomic E-state index is 4.22. The van der Waals surface area contributed by atoms with E-state index in [9.17, 15) is 0 Å². The molecule has 0 radical (unpaired) electrons. The smallest absolute Gasteiger partial charge is 0.0152 e. The summed E-state index contributed by atoms with van der Waals surface area (Å²) in [5, 5.41) is 0. The normalized spacial score (nSPS) is 36.9. The highest BCUT2D eigenvalue weighted by Crippen LogP contribution is 2.49. The van der Waals surface area contributed by atoms with E-state index in [0.717, 1.165) is 17.8 Å². The van der Waals surface area contributed by atoms with Gasteiger partial charge in [-0.3, -0.25) is 0 Å². The van der Waals surface area contributed by atoms with Crippen molar-refractivity contribution in [1.82, 2.24) is 0 Å². The Balaban J connectivity index is 2.78. The monoisotopic (exact) mass is 208 g/mol. The summed E-state index contributed by atoms with van der Waals surface area (Å²) in [5.41, 5.74) is 1.93. The Morgan fingerprint density at radius 1 is 1.47 bits per heavy atom. The van der Waals surface area contributed by atoms with E-state index in [1.807, 2.05) is 0 Å². The summed E-state index contributed by atoms with van der Waals surface area (Å²) in [5.74, 6) is 2.52. The fourth-order valence-electron chi connectivity index (χ4n) is 3.22. The second-order valence-electron chi connectivity index (χ2n) is 6.18. The van der Waals surface area contributed by atoms with E-state index in [2.05, 4.69) is 41.2 Å². The lowest BCUT2D eigenvalue weighted by Crippen LogP contribution is -2.35. The second kappa shape index (κ2) is 4.72. The first-order valence-corrected chi connectivity index (χ1v) is 6.56. The molecule has 0 nitrogen and oxygen atoms in total. The minimum absolute atomic E-state index is 0.525. The molecule has 0 saturated heterocycles. The van der Waals surface area contributed by atoms with Crippen molar-refractivity contribution >= 4 is 0 Å². The van der Waals surface area contributed by atoms with Crippen LogP contribution in [0.2, 0.25) is 0 Å². The topological polar surface area (TPSA) is 0 Å². The predicted octanol–water partition coefficient (Wildman–Crippen LogP) is 5.05. The van der Waals surface area contributed by atoms with E-state index in [1.54, 1.807) is 0 Å². The van der Waals surface area contributed by atoms with Gasteiger partial charge in [0.2, 0.25) is 0 Å². The number of hydrogen-bond donors (Lipinski definition) is 0. The SMILES string of the molecule is C=C(C)C1CC(C(C)C)CCC1(C)CC. The van der Waals surface area contributed by atoms with E-state index < -0.39 is 0 Å². The summed E-state index contributed by atoms with van der Waals surface area (Å²) in [6, 6.07) is 0. The van der Waals surface area contributed by atoms with Crippen molar-refractivity contribution in [3.8, 4) is 0 Å². The number of allylic oxidation sites excluding steroid dienone is 1. The highest BCUT2D eigenvalue weighted by molar-refractivity contribution is 5.06. The molecule has 0 heterocycles. The first kappa shape index (κ1) is 12.8. The van der Waals surface area contributed by atoms with E-state index in [0.29, 0.717) is 5.41 Å². The molecular weight excluding hydrogens is 180 g/mol. The third-order valence-electron chi connectivity index (χ3n) is 4.81. The maximum Gasteiger partial charge on any atom is -0.0152 e. The Labute approximate surface area is 96.2 Å².